The lowest BCUT2D eigenvalue weighted by molar-refractivity contribution is 0.470. The summed E-state index contributed by atoms with van der Waals surface area (Å²) in [5, 5.41) is 0. The standard InChI is InChI=1S/C10H14F2/c1-6(2)10-8(11)4-7(3)5-9(10)12/h4,6-7H,5H2,1-3H3. The molecule has 0 heterocycles. The van der Waals surface area contributed by atoms with Crippen LogP contribution in [-0.4, -0.2) is 0 Å². The Labute approximate surface area is 72.0 Å². The van der Waals surface area contributed by atoms with Crippen molar-refractivity contribution >= 4 is 0 Å². The Bertz CT molecular complexity index is 236. The SMILES string of the molecule is CC1C=C(F)C(C(C)C)=C(F)C1. The molecule has 0 aromatic carbocycles. The van der Waals surface area contributed by atoms with Crippen molar-refractivity contribution in [1.82, 2.24) is 0 Å². The first kappa shape index (κ1) is 9.43. The highest BCUT2D eigenvalue weighted by Gasteiger charge is 2.22. The molecule has 0 aromatic heterocycles. The van der Waals surface area contributed by atoms with Crippen LogP contribution >= 0.6 is 0 Å². The van der Waals surface area contributed by atoms with Crippen LogP contribution in [0.5, 0.6) is 0 Å². The zero-order chi connectivity index (χ0) is 9.30. The second-order valence-electron chi connectivity index (χ2n) is 3.67. The summed E-state index contributed by atoms with van der Waals surface area (Å²) in [7, 11) is 0. The molecule has 1 unspecified atom stereocenters. The fourth-order valence-electron chi connectivity index (χ4n) is 1.51. The van der Waals surface area contributed by atoms with Crippen molar-refractivity contribution in [3.8, 4) is 0 Å². The summed E-state index contributed by atoms with van der Waals surface area (Å²) in [4.78, 5) is 0. The normalized spacial score (nSPS) is 24.8. The van der Waals surface area contributed by atoms with Gasteiger partial charge in [0.1, 0.15) is 11.7 Å². The Kier molecular flexibility index (Phi) is 2.65. The van der Waals surface area contributed by atoms with Crippen LogP contribution in [-0.2, 0) is 0 Å². The Hall–Kier alpha value is -0.660. The van der Waals surface area contributed by atoms with E-state index in [4.69, 9.17) is 0 Å². The van der Waals surface area contributed by atoms with Gasteiger partial charge in [-0.1, -0.05) is 20.8 Å². The van der Waals surface area contributed by atoms with Crippen molar-refractivity contribution in [1.29, 1.82) is 0 Å². The van der Waals surface area contributed by atoms with E-state index in [-0.39, 0.29) is 29.1 Å². The molecule has 0 bridgehead atoms. The Balaban J connectivity index is 2.97. The molecule has 0 saturated heterocycles. The van der Waals surface area contributed by atoms with Crippen molar-refractivity contribution in [3.05, 3.63) is 23.3 Å². The van der Waals surface area contributed by atoms with Crippen LogP contribution in [0.3, 0.4) is 0 Å². The van der Waals surface area contributed by atoms with Crippen molar-refractivity contribution < 1.29 is 8.78 Å². The van der Waals surface area contributed by atoms with Crippen molar-refractivity contribution in [2.75, 3.05) is 0 Å². The van der Waals surface area contributed by atoms with Gasteiger partial charge >= 0.3 is 0 Å². The average Bonchev–Trinajstić information content (AvgIpc) is 1.82. The summed E-state index contributed by atoms with van der Waals surface area (Å²) >= 11 is 0. The van der Waals surface area contributed by atoms with Crippen LogP contribution in [0.2, 0.25) is 0 Å². The lowest BCUT2D eigenvalue weighted by Gasteiger charge is -2.18. The Morgan fingerprint density at radius 1 is 1.42 bits per heavy atom. The molecule has 68 valence electrons. The number of rotatable bonds is 1. The summed E-state index contributed by atoms with van der Waals surface area (Å²) in [6, 6.07) is 0. The third kappa shape index (κ3) is 1.74. The second kappa shape index (κ2) is 3.38. The maximum Gasteiger partial charge on any atom is 0.125 e. The number of allylic oxidation sites excluding steroid dienone is 4. The molecule has 0 N–H and O–H groups in total. The number of hydrogen-bond donors (Lipinski definition) is 0. The first-order valence-corrected chi connectivity index (χ1v) is 4.28. The molecule has 0 saturated carbocycles. The summed E-state index contributed by atoms with van der Waals surface area (Å²) in [5.41, 5.74) is 0.258. The van der Waals surface area contributed by atoms with E-state index in [0.717, 1.165) is 0 Å². The van der Waals surface area contributed by atoms with Gasteiger partial charge in [-0.15, -0.1) is 0 Å². The molecule has 0 nitrogen and oxygen atoms in total. The molecule has 0 aliphatic heterocycles. The lowest BCUT2D eigenvalue weighted by Crippen LogP contribution is -2.07. The fraction of sp³-hybridized carbons (Fsp3) is 0.600. The topological polar surface area (TPSA) is 0 Å². The molecule has 1 rings (SSSR count). The largest absolute Gasteiger partial charge is 0.211 e. The monoisotopic (exact) mass is 172 g/mol. The number of hydrogen-bond acceptors (Lipinski definition) is 0. The zero-order valence-corrected chi connectivity index (χ0v) is 7.70. The zero-order valence-electron chi connectivity index (χ0n) is 7.70. The molecule has 0 amide bonds. The minimum atomic E-state index is -0.374. The van der Waals surface area contributed by atoms with Crippen LogP contribution < -0.4 is 0 Å². The van der Waals surface area contributed by atoms with E-state index in [0.29, 0.717) is 6.42 Å². The summed E-state index contributed by atoms with van der Waals surface area (Å²) in [6.45, 7) is 5.42. The van der Waals surface area contributed by atoms with Gasteiger partial charge in [-0.25, -0.2) is 8.78 Å². The van der Waals surface area contributed by atoms with Crippen molar-refractivity contribution in [3.63, 3.8) is 0 Å². The van der Waals surface area contributed by atoms with Gasteiger partial charge < -0.3 is 0 Å². The van der Waals surface area contributed by atoms with Crippen LogP contribution in [0.25, 0.3) is 0 Å². The molecule has 0 fully saturated rings. The van der Waals surface area contributed by atoms with Gasteiger partial charge in [0.15, 0.2) is 0 Å². The maximum atomic E-state index is 13.2. The van der Waals surface area contributed by atoms with E-state index >= 15 is 0 Å². The Morgan fingerprint density at radius 2 is 2.00 bits per heavy atom. The third-order valence-corrected chi connectivity index (χ3v) is 2.06. The highest BCUT2D eigenvalue weighted by atomic mass is 19.1. The van der Waals surface area contributed by atoms with Gasteiger partial charge in [-0.05, 0) is 17.9 Å². The summed E-state index contributed by atoms with van der Waals surface area (Å²) in [5.74, 6) is -0.722. The van der Waals surface area contributed by atoms with Crippen LogP contribution in [0.15, 0.2) is 23.3 Å². The van der Waals surface area contributed by atoms with Crippen molar-refractivity contribution in [2.24, 2.45) is 11.8 Å². The van der Waals surface area contributed by atoms with Gasteiger partial charge in [0.2, 0.25) is 0 Å². The van der Waals surface area contributed by atoms with E-state index in [9.17, 15) is 8.78 Å². The summed E-state index contributed by atoms with van der Waals surface area (Å²) < 4.78 is 26.4. The Morgan fingerprint density at radius 3 is 2.42 bits per heavy atom. The van der Waals surface area contributed by atoms with Crippen molar-refractivity contribution in [2.45, 2.75) is 27.2 Å². The smallest absolute Gasteiger partial charge is 0.125 e. The van der Waals surface area contributed by atoms with Gasteiger partial charge in [0.25, 0.3) is 0 Å². The third-order valence-electron chi connectivity index (χ3n) is 2.06. The molecular weight excluding hydrogens is 158 g/mol. The minimum absolute atomic E-state index is 0.00694. The predicted molar refractivity (Wildman–Crippen MR) is 45.9 cm³/mol. The molecule has 0 spiro atoms. The fourth-order valence-corrected chi connectivity index (χ4v) is 1.51. The molecule has 12 heavy (non-hydrogen) atoms. The van der Waals surface area contributed by atoms with Crippen LogP contribution in [0.1, 0.15) is 27.2 Å². The van der Waals surface area contributed by atoms with Gasteiger partial charge in [-0.3, -0.25) is 0 Å². The second-order valence-corrected chi connectivity index (χ2v) is 3.67. The van der Waals surface area contributed by atoms with E-state index in [2.05, 4.69) is 0 Å². The van der Waals surface area contributed by atoms with Gasteiger partial charge in [-0.2, -0.15) is 0 Å². The van der Waals surface area contributed by atoms with Crippen LogP contribution in [0.4, 0.5) is 8.78 Å². The minimum Gasteiger partial charge on any atom is -0.211 e. The van der Waals surface area contributed by atoms with E-state index in [1.54, 1.807) is 13.8 Å². The maximum absolute atomic E-state index is 13.2. The molecule has 0 radical (unpaired) electrons. The van der Waals surface area contributed by atoms with E-state index in [1.165, 1.54) is 6.08 Å². The first-order valence-electron chi connectivity index (χ1n) is 4.28. The molecule has 1 atom stereocenters. The predicted octanol–water partition coefficient (Wildman–Crippen LogP) is 3.76. The molecule has 2 heteroatoms. The first-order chi connectivity index (χ1) is 5.52. The number of halogens is 2. The average molecular weight is 172 g/mol. The quantitative estimate of drug-likeness (QED) is 0.565. The summed E-state index contributed by atoms with van der Waals surface area (Å²) in [6.07, 6.45) is 1.85. The highest BCUT2D eigenvalue weighted by Crippen LogP contribution is 2.34. The van der Waals surface area contributed by atoms with Crippen LogP contribution in [0, 0.1) is 11.8 Å². The van der Waals surface area contributed by atoms with E-state index < -0.39 is 0 Å². The molecule has 0 aromatic rings. The molecular formula is C10H14F2. The highest BCUT2D eigenvalue weighted by molar-refractivity contribution is 5.33. The van der Waals surface area contributed by atoms with Gasteiger partial charge in [0.05, 0.1) is 0 Å². The van der Waals surface area contributed by atoms with E-state index in [1.807, 2.05) is 6.92 Å². The molecule has 1 aliphatic carbocycles. The van der Waals surface area contributed by atoms with Gasteiger partial charge in [0, 0.05) is 12.0 Å². The molecule has 1 aliphatic rings. The lowest BCUT2D eigenvalue weighted by atomic mass is 9.90.